The Balaban J connectivity index is 1.07. The summed E-state index contributed by atoms with van der Waals surface area (Å²) in [7, 11) is 0. The topological polar surface area (TPSA) is 111 Å². The van der Waals surface area contributed by atoms with Crippen molar-refractivity contribution < 1.29 is 33.4 Å². The Kier molecular flexibility index (Phi) is 6.05. The maximum absolute atomic E-state index is 12.9. The van der Waals surface area contributed by atoms with Crippen molar-refractivity contribution in [3.8, 4) is 11.5 Å². The second-order valence-corrected chi connectivity index (χ2v) is 8.20. The van der Waals surface area contributed by atoms with Gasteiger partial charge >= 0.3 is 5.97 Å². The largest absolute Gasteiger partial charge is 0.456 e. The van der Waals surface area contributed by atoms with Crippen LogP contribution in [0.2, 0.25) is 0 Å². The third kappa shape index (κ3) is 4.52. The van der Waals surface area contributed by atoms with E-state index >= 15 is 0 Å². The van der Waals surface area contributed by atoms with Crippen molar-refractivity contribution in [2.45, 2.75) is 19.4 Å². The summed E-state index contributed by atoms with van der Waals surface area (Å²) in [5.74, 6) is -0.506. The minimum Gasteiger partial charge on any atom is -0.456 e. The Hall–Kier alpha value is -4.40. The number of ether oxygens (including phenoxy) is 3. The zero-order valence-corrected chi connectivity index (χ0v) is 18.7. The number of carbonyl (C=O) groups is 4. The SMILES string of the molecule is O=C(COC(=O)CCCN1C(=O)c2cccc3cccc(c23)C1=O)NCc1ccc2c(c1)OCO2. The molecule has 0 unspecified atom stereocenters. The van der Waals surface area contributed by atoms with Crippen molar-refractivity contribution in [2.24, 2.45) is 0 Å². The predicted octanol–water partition coefficient (Wildman–Crippen LogP) is 2.80. The van der Waals surface area contributed by atoms with Gasteiger partial charge in [0.05, 0.1) is 0 Å². The smallest absolute Gasteiger partial charge is 0.306 e. The number of nitrogens with one attached hydrogen (secondary N) is 1. The van der Waals surface area contributed by atoms with Crippen molar-refractivity contribution in [1.29, 1.82) is 0 Å². The lowest BCUT2D eigenvalue weighted by atomic mass is 9.94. The molecule has 0 aliphatic carbocycles. The molecule has 1 N–H and O–H groups in total. The first-order chi connectivity index (χ1) is 17.0. The van der Waals surface area contributed by atoms with E-state index in [1.54, 1.807) is 36.4 Å². The van der Waals surface area contributed by atoms with Gasteiger partial charge in [0.25, 0.3) is 17.7 Å². The van der Waals surface area contributed by atoms with Crippen LogP contribution in [-0.2, 0) is 20.9 Å². The van der Waals surface area contributed by atoms with E-state index in [9.17, 15) is 19.2 Å². The van der Waals surface area contributed by atoms with E-state index in [2.05, 4.69) is 5.32 Å². The van der Waals surface area contributed by atoms with Crippen molar-refractivity contribution in [2.75, 3.05) is 19.9 Å². The van der Waals surface area contributed by atoms with Crippen LogP contribution in [0.25, 0.3) is 10.8 Å². The van der Waals surface area contributed by atoms with E-state index in [4.69, 9.17) is 14.2 Å². The lowest BCUT2D eigenvalue weighted by Crippen LogP contribution is -2.41. The fourth-order valence-electron chi connectivity index (χ4n) is 4.19. The number of hydrogen-bond acceptors (Lipinski definition) is 7. The maximum atomic E-state index is 12.9. The van der Waals surface area contributed by atoms with Gasteiger partial charge in [0.1, 0.15) is 0 Å². The summed E-state index contributed by atoms with van der Waals surface area (Å²) in [5.41, 5.74) is 1.76. The lowest BCUT2D eigenvalue weighted by Gasteiger charge is -2.27. The molecule has 5 rings (SSSR count). The maximum Gasteiger partial charge on any atom is 0.306 e. The quantitative estimate of drug-likeness (QED) is 0.395. The van der Waals surface area contributed by atoms with E-state index < -0.39 is 18.5 Å². The molecule has 2 heterocycles. The standard InChI is InChI=1S/C26H22N2O7/c29-22(27-13-16-9-10-20-21(12-16)35-15-34-20)14-33-23(30)8-3-11-28-25(31)18-6-1-4-17-5-2-7-19(24(17)18)26(28)32/h1-2,4-7,9-10,12H,3,8,11,13-15H2,(H,27,29). The first-order valence-electron chi connectivity index (χ1n) is 11.2. The summed E-state index contributed by atoms with van der Waals surface area (Å²) in [4.78, 5) is 51.0. The average Bonchev–Trinajstić information content (AvgIpc) is 3.34. The number of benzene rings is 3. The molecule has 0 atom stereocenters. The van der Waals surface area contributed by atoms with E-state index in [0.29, 0.717) is 28.0 Å². The summed E-state index contributed by atoms with van der Waals surface area (Å²) >= 11 is 0. The second kappa shape index (κ2) is 9.46. The molecule has 9 nitrogen and oxygen atoms in total. The minimum absolute atomic E-state index is 0.0294. The third-order valence-corrected chi connectivity index (χ3v) is 5.91. The molecule has 2 aliphatic rings. The van der Waals surface area contributed by atoms with Gasteiger partial charge < -0.3 is 19.5 Å². The Morgan fingerprint density at radius 2 is 1.66 bits per heavy atom. The molecule has 3 aromatic rings. The van der Waals surface area contributed by atoms with Crippen LogP contribution in [0.3, 0.4) is 0 Å². The number of imide groups is 1. The first kappa shape index (κ1) is 22.4. The number of fused-ring (bicyclic) bond motifs is 1. The van der Waals surface area contributed by atoms with E-state index in [1.807, 2.05) is 18.2 Å². The normalized spacial score (nSPS) is 13.8. The summed E-state index contributed by atoms with van der Waals surface area (Å²) in [6, 6.07) is 16.0. The Morgan fingerprint density at radius 3 is 2.40 bits per heavy atom. The van der Waals surface area contributed by atoms with E-state index in [-0.39, 0.29) is 44.5 Å². The lowest BCUT2D eigenvalue weighted by molar-refractivity contribution is -0.148. The van der Waals surface area contributed by atoms with Gasteiger partial charge in [0.15, 0.2) is 18.1 Å². The Morgan fingerprint density at radius 1 is 0.943 bits per heavy atom. The molecule has 3 aromatic carbocycles. The molecule has 2 aliphatic heterocycles. The summed E-state index contributed by atoms with van der Waals surface area (Å²) in [6.45, 7) is 0.0825. The highest BCUT2D eigenvalue weighted by molar-refractivity contribution is 6.25. The van der Waals surface area contributed by atoms with Gasteiger partial charge in [-0.2, -0.15) is 0 Å². The molecule has 0 saturated carbocycles. The summed E-state index contributed by atoms with van der Waals surface area (Å²) in [5, 5.41) is 4.17. The van der Waals surface area contributed by atoms with Crippen molar-refractivity contribution in [1.82, 2.24) is 10.2 Å². The molecule has 9 heteroatoms. The van der Waals surface area contributed by atoms with Gasteiger partial charge in [0, 0.05) is 36.0 Å². The molecule has 0 radical (unpaired) electrons. The Bertz CT molecular complexity index is 1300. The van der Waals surface area contributed by atoms with Crippen LogP contribution in [0, 0.1) is 0 Å². The van der Waals surface area contributed by atoms with Gasteiger partial charge in [-0.25, -0.2) is 0 Å². The van der Waals surface area contributed by atoms with E-state index in [0.717, 1.165) is 15.8 Å². The van der Waals surface area contributed by atoms with Crippen LogP contribution < -0.4 is 14.8 Å². The van der Waals surface area contributed by atoms with E-state index in [1.165, 1.54) is 0 Å². The zero-order valence-electron chi connectivity index (χ0n) is 18.7. The van der Waals surface area contributed by atoms with Crippen LogP contribution >= 0.6 is 0 Å². The number of rotatable bonds is 8. The van der Waals surface area contributed by atoms with Crippen molar-refractivity contribution in [3.05, 3.63) is 71.3 Å². The molecular weight excluding hydrogens is 452 g/mol. The molecule has 0 fully saturated rings. The number of esters is 1. The van der Waals surface area contributed by atoms with Gasteiger partial charge in [-0.15, -0.1) is 0 Å². The molecule has 0 bridgehead atoms. The average molecular weight is 474 g/mol. The number of carbonyl (C=O) groups excluding carboxylic acids is 4. The van der Waals surface area contributed by atoms with Crippen molar-refractivity contribution >= 4 is 34.5 Å². The molecule has 0 spiro atoms. The van der Waals surface area contributed by atoms with Crippen LogP contribution in [-0.4, -0.2) is 48.5 Å². The zero-order chi connectivity index (χ0) is 24.4. The number of hydrogen-bond donors (Lipinski definition) is 1. The molecule has 178 valence electrons. The Labute approximate surface area is 200 Å². The molecule has 3 amide bonds. The number of amides is 3. The highest BCUT2D eigenvalue weighted by Crippen LogP contribution is 2.32. The van der Waals surface area contributed by atoms with Gasteiger partial charge in [-0.3, -0.25) is 24.1 Å². The molecule has 0 saturated heterocycles. The molecule has 35 heavy (non-hydrogen) atoms. The minimum atomic E-state index is -0.581. The van der Waals surface area contributed by atoms with Gasteiger partial charge in [0.2, 0.25) is 6.79 Å². The third-order valence-electron chi connectivity index (χ3n) is 5.91. The summed E-state index contributed by atoms with van der Waals surface area (Å²) in [6.07, 6.45) is 0.200. The fourth-order valence-corrected chi connectivity index (χ4v) is 4.19. The van der Waals surface area contributed by atoms with Crippen LogP contribution in [0.5, 0.6) is 11.5 Å². The van der Waals surface area contributed by atoms with Gasteiger partial charge in [-0.05, 0) is 41.6 Å². The van der Waals surface area contributed by atoms with Gasteiger partial charge in [-0.1, -0.05) is 30.3 Å². The monoisotopic (exact) mass is 474 g/mol. The predicted molar refractivity (Wildman–Crippen MR) is 124 cm³/mol. The molecule has 0 aromatic heterocycles. The van der Waals surface area contributed by atoms with Crippen LogP contribution in [0.1, 0.15) is 39.1 Å². The first-order valence-corrected chi connectivity index (χ1v) is 11.2. The highest BCUT2D eigenvalue weighted by Gasteiger charge is 2.32. The second-order valence-electron chi connectivity index (χ2n) is 8.20. The van der Waals surface area contributed by atoms with Crippen LogP contribution in [0.15, 0.2) is 54.6 Å². The summed E-state index contributed by atoms with van der Waals surface area (Å²) < 4.78 is 15.6. The molecular formula is C26H22N2O7. The highest BCUT2D eigenvalue weighted by atomic mass is 16.7. The van der Waals surface area contributed by atoms with Crippen molar-refractivity contribution in [3.63, 3.8) is 0 Å². The fraction of sp³-hybridized carbons (Fsp3) is 0.231. The number of nitrogens with zero attached hydrogens (tertiary/aromatic N) is 1. The van der Waals surface area contributed by atoms with Crippen LogP contribution in [0.4, 0.5) is 0 Å².